The van der Waals surface area contributed by atoms with Gasteiger partial charge < -0.3 is 20.1 Å². The van der Waals surface area contributed by atoms with E-state index >= 15 is 0 Å². The number of amides is 1. The summed E-state index contributed by atoms with van der Waals surface area (Å²) < 4.78 is 11.1. The molecule has 0 aromatic rings. The molecular weight excluding hydrogens is 280 g/mol. The van der Waals surface area contributed by atoms with Crippen molar-refractivity contribution in [3.8, 4) is 0 Å². The van der Waals surface area contributed by atoms with Crippen LogP contribution in [0.4, 0.5) is 4.79 Å². The number of fused-ring (bicyclic) bond motifs is 1. The molecule has 1 aliphatic heterocycles. The molecule has 22 heavy (non-hydrogen) atoms. The van der Waals surface area contributed by atoms with Gasteiger partial charge in [-0.05, 0) is 40.0 Å². The second-order valence-electron chi connectivity index (χ2n) is 8.72. The van der Waals surface area contributed by atoms with Crippen LogP contribution in [0.2, 0.25) is 0 Å². The third-order valence-electron chi connectivity index (χ3n) is 5.37. The van der Waals surface area contributed by atoms with Gasteiger partial charge in [-0.25, -0.2) is 4.79 Å². The summed E-state index contributed by atoms with van der Waals surface area (Å²) in [6.07, 6.45) is 3.29. The number of hydrogen-bond acceptors (Lipinski definition) is 4. The Labute approximate surface area is 133 Å². The first-order valence-corrected chi connectivity index (χ1v) is 8.54. The van der Waals surface area contributed by atoms with Crippen LogP contribution in [-0.2, 0) is 9.47 Å². The van der Waals surface area contributed by atoms with Crippen LogP contribution in [0.25, 0.3) is 0 Å². The second-order valence-corrected chi connectivity index (χ2v) is 8.72. The van der Waals surface area contributed by atoms with E-state index in [4.69, 9.17) is 9.47 Å². The molecule has 3 unspecified atom stereocenters. The lowest BCUT2D eigenvalue weighted by atomic mass is 9.57. The van der Waals surface area contributed by atoms with Crippen molar-refractivity contribution in [3.63, 3.8) is 0 Å². The van der Waals surface area contributed by atoms with E-state index in [0.29, 0.717) is 24.1 Å². The topological polar surface area (TPSA) is 59.6 Å². The van der Waals surface area contributed by atoms with Gasteiger partial charge in [-0.3, -0.25) is 0 Å². The molecule has 1 heterocycles. The van der Waals surface area contributed by atoms with E-state index in [2.05, 4.69) is 24.5 Å². The van der Waals surface area contributed by atoms with Gasteiger partial charge in [-0.2, -0.15) is 0 Å². The van der Waals surface area contributed by atoms with E-state index in [1.165, 1.54) is 6.42 Å². The van der Waals surface area contributed by atoms with Crippen LogP contribution in [0.1, 0.15) is 53.9 Å². The molecule has 2 saturated carbocycles. The molecule has 3 aliphatic rings. The number of ether oxygens (including phenoxy) is 2. The van der Waals surface area contributed by atoms with Crippen LogP contribution in [0.5, 0.6) is 0 Å². The predicted molar refractivity (Wildman–Crippen MR) is 84.7 cm³/mol. The van der Waals surface area contributed by atoms with Gasteiger partial charge in [0, 0.05) is 36.1 Å². The van der Waals surface area contributed by atoms with Crippen molar-refractivity contribution in [3.05, 3.63) is 0 Å². The van der Waals surface area contributed by atoms with Crippen molar-refractivity contribution in [1.82, 2.24) is 10.6 Å². The largest absolute Gasteiger partial charge is 0.444 e. The van der Waals surface area contributed by atoms with E-state index in [0.717, 1.165) is 19.4 Å². The summed E-state index contributed by atoms with van der Waals surface area (Å²) in [4.78, 5) is 11.7. The molecule has 0 radical (unpaired) electrons. The van der Waals surface area contributed by atoms with Gasteiger partial charge in [-0.1, -0.05) is 13.8 Å². The predicted octanol–water partition coefficient (Wildman–Crippen LogP) is 2.45. The van der Waals surface area contributed by atoms with Crippen LogP contribution in [0.15, 0.2) is 0 Å². The second kappa shape index (κ2) is 5.38. The summed E-state index contributed by atoms with van der Waals surface area (Å²) in [6.45, 7) is 11.2. The lowest BCUT2D eigenvalue weighted by Gasteiger charge is -2.57. The highest BCUT2D eigenvalue weighted by molar-refractivity contribution is 5.68. The maximum absolute atomic E-state index is 11.7. The zero-order chi connectivity index (χ0) is 16.1. The van der Waals surface area contributed by atoms with Crippen LogP contribution in [-0.4, -0.2) is 42.5 Å². The van der Waals surface area contributed by atoms with Crippen LogP contribution < -0.4 is 10.6 Å². The van der Waals surface area contributed by atoms with Crippen molar-refractivity contribution in [2.24, 2.45) is 11.3 Å². The Kier molecular flexibility index (Phi) is 3.92. The monoisotopic (exact) mass is 310 g/mol. The first-order chi connectivity index (χ1) is 10.2. The Morgan fingerprint density at radius 3 is 2.55 bits per heavy atom. The molecule has 3 rings (SSSR count). The lowest BCUT2D eigenvalue weighted by molar-refractivity contribution is -0.118. The lowest BCUT2D eigenvalue weighted by Crippen LogP contribution is -2.69. The Morgan fingerprint density at radius 1 is 1.23 bits per heavy atom. The molecule has 3 atom stereocenters. The quantitative estimate of drug-likeness (QED) is 0.840. The average molecular weight is 310 g/mol. The summed E-state index contributed by atoms with van der Waals surface area (Å²) in [5, 5.41) is 6.75. The molecule has 5 nitrogen and oxygen atoms in total. The van der Waals surface area contributed by atoms with Crippen molar-refractivity contribution < 1.29 is 14.3 Å². The van der Waals surface area contributed by atoms with Crippen molar-refractivity contribution in [1.29, 1.82) is 0 Å². The molecule has 5 heteroatoms. The molecule has 2 aliphatic carbocycles. The number of rotatable bonds is 3. The Balaban J connectivity index is 1.40. The van der Waals surface area contributed by atoms with Gasteiger partial charge in [-0.15, -0.1) is 0 Å². The van der Waals surface area contributed by atoms with E-state index in [9.17, 15) is 4.79 Å². The van der Waals surface area contributed by atoms with Gasteiger partial charge in [0.2, 0.25) is 0 Å². The Morgan fingerprint density at radius 2 is 1.91 bits per heavy atom. The van der Waals surface area contributed by atoms with Gasteiger partial charge in [0.25, 0.3) is 0 Å². The highest BCUT2D eigenvalue weighted by Crippen LogP contribution is 2.52. The fourth-order valence-electron chi connectivity index (χ4n) is 4.26. The fraction of sp³-hybridized carbons (Fsp3) is 0.941. The number of carbonyl (C=O) groups is 1. The van der Waals surface area contributed by atoms with E-state index < -0.39 is 5.60 Å². The molecule has 2 N–H and O–H groups in total. The number of alkyl carbamates (subject to hydrolysis) is 1. The molecule has 0 bridgehead atoms. The SMILES string of the molecule is CC(C)(C)OC(=O)NC1CC(NC2C3CCOC3C2(C)C)C1. The first kappa shape index (κ1) is 16.1. The summed E-state index contributed by atoms with van der Waals surface area (Å²) in [5.74, 6) is 0.674. The Bertz CT molecular complexity index is 438. The maximum Gasteiger partial charge on any atom is 0.407 e. The summed E-state index contributed by atoms with van der Waals surface area (Å²) in [6, 6.07) is 1.30. The van der Waals surface area contributed by atoms with Crippen molar-refractivity contribution >= 4 is 6.09 Å². The molecule has 0 aromatic heterocycles. The molecule has 3 fully saturated rings. The number of carbonyl (C=O) groups excluding carboxylic acids is 1. The molecule has 0 spiro atoms. The van der Waals surface area contributed by atoms with Gasteiger partial charge in [0.05, 0.1) is 6.10 Å². The highest BCUT2D eigenvalue weighted by Gasteiger charge is 2.59. The zero-order valence-electron chi connectivity index (χ0n) is 14.4. The third-order valence-corrected chi connectivity index (χ3v) is 5.37. The normalized spacial score (nSPS) is 39.4. The van der Waals surface area contributed by atoms with E-state index in [1.807, 2.05) is 20.8 Å². The van der Waals surface area contributed by atoms with Crippen LogP contribution in [0.3, 0.4) is 0 Å². The minimum atomic E-state index is -0.432. The van der Waals surface area contributed by atoms with E-state index in [-0.39, 0.29) is 17.6 Å². The summed E-state index contributed by atoms with van der Waals surface area (Å²) in [5.41, 5.74) is -0.205. The minimum Gasteiger partial charge on any atom is -0.444 e. The van der Waals surface area contributed by atoms with E-state index in [1.54, 1.807) is 0 Å². The van der Waals surface area contributed by atoms with Gasteiger partial charge in [0.15, 0.2) is 0 Å². The van der Waals surface area contributed by atoms with Gasteiger partial charge >= 0.3 is 6.09 Å². The van der Waals surface area contributed by atoms with Crippen LogP contribution in [0, 0.1) is 11.3 Å². The third kappa shape index (κ3) is 2.98. The van der Waals surface area contributed by atoms with Gasteiger partial charge in [0.1, 0.15) is 5.60 Å². The molecular formula is C17H30N2O3. The first-order valence-electron chi connectivity index (χ1n) is 8.54. The summed E-state index contributed by atoms with van der Waals surface area (Å²) in [7, 11) is 0. The smallest absolute Gasteiger partial charge is 0.407 e. The molecule has 0 aromatic carbocycles. The standard InChI is InChI=1S/C17H30N2O3/c1-16(2,3)22-15(20)19-11-8-10(9-11)18-13-12-6-7-21-14(12)17(13,4)5/h10-14,18H,6-9H2,1-5H3,(H,19,20). The molecule has 1 saturated heterocycles. The van der Waals surface area contributed by atoms with Crippen LogP contribution >= 0.6 is 0 Å². The fourth-order valence-corrected chi connectivity index (χ4v) is 4.26. The molecule has 1 amide bonds. The molecule has 126 valence electrons. The number of nitrogens with one attached hydrogen (secondary N) is 2. The highest BCUT2D eigenvalue weighted by atomic mass is 16.6. The maximum atomic E-state index is 11.7. The zero-order valence-corrected chi connectivity index (χ0v) is 14.4. The minimum absolute atomic E-state index is 0.227. The number of hydrogen-bond donors (Lipinski definition) is 2. The Hall–Kier alpha value is -0.810. The average Bonchev–Trinajstić information content (AvgIpc) is 2.75. The van der Waals surface area contributed by atoms with Crippen molar-refractivity contribution in [2.75, 3.05) is 6.61 Å². The summed E-state index contributed by atoms with van der Waals surface area (Å²) >= 11 is 0. The van der Waals surface area contributed by atoms with Crippen molar-refractivity contribution in [2.45, 2.75) is 83.7 Å².